The molecule has 0 radical (unpaired) electrons. The second kappa shape index (κ2) is 14.4. The average Bonchev–Trinajstić information content (AvgIpc) is 3.61. The van der Waals surface area contributed by atoms with E-state index in [1.54, 1.807) is 0 Å². The van der Waals surface area contributed by atoms with Gasteiger partial charge in [-0.3, -0.25) is 0 Å². The average molecular weight is 843 g/mol. The number of hydrogen-bond donors (Lipinski definition) is 0. The number of fused-ring (bicyclic) bond motifs is 7. The van der Waals surface area contributed by atoms with Crippen LogP contribution in [0.2, 0.25) is 0 Å². The van der Waals surface area contributed by atoms with Gasteiger partial charge in [0.25, 0.3) is 6.71 Å². The Balaban J connectivity index is 1.26. The van der Waals surface area contributed by atoms with E-state index in [1.165, 1.54) is 64.5 Å². The molecule has 2 aliphatic rings. The molecular formula is C58H59BN2OS. The van der Waals surface area contributed by atoms with Crippen LogP contribution in [0.1, 0.15) is 105 Å². The molecule has 0 N–H and O–H groups in total. The van der Waals surface area contributed by atoms with Gasteiger partial charge in [-0.15, -0.1) is 11.3 Å². The first kappa shape index (κ1) is 41.2. The van der Waals surface area contributed by atoms with E-state index in [0.29, 0.717) is 0 Å². The molecule has 7 aromatic carbocycles. The van der Waals surface area contributed by atoms with Crippen LogP contribution in [0.3, 0.4) is 0 Å². The standard InChI is InChI=1S/C58H59BN2OS/c1-55(2,3)36-20-26-40(27-21-36)60(41-28-22-37(23-29-41)56(4,5)6)48-34-42(35-52-53(48)43-16-13-14-19-51(43)63-52)61-46-30-24-38(57(7,8)9)32-44(46)59-45-33-39(58(10,11)12)25-31-49(45)62-50-18-15-17-47(61)54(50)59/h13-35H,1-12H3. The van der Waals surface area contributed by atoms with Crippen LogP contribution in [0.5, 0.6) is 11.5 Å². The third kappa shape index (κ3) is 7.04. The lowest BCUT2D eigenvalue weighted by molar-refractivity contribution is 0.486. The van der Waals surface area contributed by atoms with Crippen molar-refractivity contribution in [2.75, 3.05) is 9.80 Å². The van der Waals surface area contributed by atoms with E-state index in [2.05, 4.69) is 232 Å². The Morgan fingerprint density at radius 2 is 1.03 bits per heavy atom. The van der Waals surface area contributed by atoms with Crippen LogP contribution in [-0.2, 0) is 21.7 Å². The van der Waals surface area contributed by atoms with Gasteiger partial charge in [0.15, 0.2) is 0 Å². The van der Waals surface area contributed by atoms with Crippen molar-refractivity contribution in [2.24, 2.45) is 0 Å². The summed E-state index contributed by atoms with van der Waals surface area (Å²) in [6.45, 7) is 27.6. The Morgan fingerprint density at radius 1 is 0.476 bits per heavy atom. The van der Waals surface area contributed by atoms with E-state index in [9.17, 15) is 0 Å². The molecule has 0 atom stereocenters. The normalized spacial score (nSPS) is 13.8. The third-order valence-electron chi connectivity index (χ3n) is 13.3. The largest absolute Gasteiger partial charge is 0.458 e. The van der Waals surface area contributed by atoms with Crippen LogP contribution >= 0.6 is 11.3 Å². The molecule has 0 fully saturated rings. The van der Waals surface area contributed by atoms with E-state index >= 15 is 0 Å². The first-order valence-electron chi connectivity index (χ1n) is 22.6. The molecular weight excluding hydrogens is 784 g/mol. The SMILES string of the molecule is CC(C)(C)c1ccc(N(c2ccc(C(C)(C)C)cc2)c2cc(N3c4ccc(C(C)(C)C)cc4B4c5cc(C(C)(C)C)ccc5Oc5cccc3c54)cc3sc4ccccc4c23)cc1. The molecule has 0 unspecified atom stereocenters. The van der Waals surface area contributed by atoms with Gasteiger partial charge in [-0.1, -0.05) is 156 Å². The molecule has 0 bridgehead atoms. The zero-order valence-corrected chi connectivity index (χ0v) is 39.9. The molecule has 0 saturated heterocycles. The lowest BCUT2D eigenvalue weighted by Gasteiger charge is -2.41. The Bertz CT molecular complexity index is 3020. The maximum Gasteiger partial charge on any atom is 0.256 e. The summed E-state index contributed by atoms with van der Waals surface area (Å²) in [6.07, 6.45) is 0. The molecule has 10 rings (SSSR count). The fourth-order valence-corrected chi connectivity index (χ4v) is 10.8. The van der Waals surface area contributed by atoms with Gasteiger partial charge in [0, 0.05) is 48.6 Å². The van der Waals surface area contributed by atoms with Crippen molar-refractivity contribution in [3.8, 4) is 11.5 Å². The summed E-state index contributed by atoms with van der Waals surface area (Å²) in [5.74, 6) is 1.87. The summed E-state index contributed by atoms with van der Waals surface area (Å²) in [5, 5.41) is 2.53. The maximum atomic E-state index is 6.91. The quantitative estimate of drug-likeness (QED) is 0.164. The van der Waals surface area contributed by atoms with Crippen molar-refractivity contribution in [1.29, 1.82) is 0 Å². The Kier molecular flexibility index (Phi) is 9.41. The summed E-state index contributed by atoms with van der Waals surface area (Å²) in [6, 6.07) is 53.0. The molecule has 5 heteroatoms. The molecule has 0 amide bonds. The van der Waals surface area contributed by atoms with Crippen LogP contribution < -0.4 is 30.9 Å². The van der Waals surface area contributed by atoms with Crippen molar-refractivity contribution in [2.45, 2.75) is 105 Å². The molecule has 0 saturated carbocycles. The number of nitrogens with zero attached hydrogens (tertiary/aromatic N) is 2. The number of hydrogen-bond acceptors (Lipinski definition) is 4. The highest BCUT2D eigenvalue weighted by atomic mass is 32.1. The molecule has 8 aromatic rings. The van der Waals surface area contributed by atoms with E-state index in [4.69, 9.17) is 4.74 Å². The minimum absolute atomic E-state index is 0.00627. The van der Waals surface area contributed by atoms with Gasteiger partial charge in [0.1, 0.15) is 11.5 Å². The second-order valence-electron chi connectivity index (χ2n) is 22.0. The smallest absolute Gasteiger partial charge is 0.256 e. The summed E-state index contributed by atoms with van der Waals surface area (Å²) in [7, 11) is 0. The first-order chi connectivity index (χ1) is 29.8. The fraction of sp³-hybridized carbons (Fsp3) is 0.276. The molecule has 3 nitrogen and oxygen atoms in total. The molecule has 2 aliphatic heterocycles. The predicted molar refractivity (Wildman–Crippen MR) is 275 cm³/mol. The zero-order valence-electron chi connectivity index (χ0n) is 39.1. The van der Waals surface area contributed by atoms with Crippen molar-refractivity contribution in [1.82, 2.24) is 0 Å². The monoisotopic (exact) mass is 842 g/mol. The van der Waals surface area contributed by atoms with Gasteiger partial charge >= 0.3 is 0 Å². The number of rotatable bonds is 4. The van der Waals surface area contributed by atoms with Crippen molar-refractivity contribution in [3.05, 3.63) is 162 Å². The van der Waals surface area contributed by atoms with Gasteiger partial charge in [-0.05, 0) is 127 Å². The van der Waals surface area contributed by atoms with Crippen LogP contribution in [0.4, 0.5) is 34.1 Å². The van der Waals surface area contributed by atoms with E-state index in [-0.39, 0.29) is 28.4 Å². The molecule has 0 spiro atoms. The summed E-state index contributed by atoms with van der Waals surface area (Å²) in [4.78, 5) is 5.02. The maximum absolute atomic E-state index is 6.91. The van der Waals surface area contributed by atoms with Gasteiger partial charge in [-0.25, -0.2) is 0 Å². The van der Waals surface area contributed by atoms with Gasteiger partial charge in [0.2, 0.25) is 0 Å². The molecule has 1 aromatic heterocycles. The number of benzene rings is 7. The zero-order chi connectivity index (χ0) is 44.4. The summed E-state index contributed by atoms with van der Waals surface area (Å²) < 4.78 is 9.44. The molecule has 0 aliphatic carbocycles. The van der Waals surface area contributed by atoms with E-state index in [1.807, 2.05) is 11.3 Å². The van der Waals surface area contributed by atoms with Gasteiger partial charge in [-0.2, -0.15) is 0 Å². The predicted octanol–water partition coefficient (Wildman–Crippen LogP) is 15.1. The first-order valence-corrected chi connectivity index (χ1v) is 23.4. The van der Waals surface area contributed by atoms with Gasteiger partial charge in [0.05, 0.1) is 5.69 Å². The topological polar surface area (TPSA) is 15.7 Å². The Hall–Kier alpha value is -5.78. The highest BCUT2D eigenvalue weighted by Crippen LogP contribution is 2.50. The second-order valence-corrected chi connectivity index (χ2v) is 23.0. The van der Waals surface area contributed by atoms with Crippen LogP contribution in [0.15, 0.2) is 140 Å². The third-order valence-corrected chi connectivity index (χ3v) is 14.5. The number of anilines is 6. The number of ether oxygens (including phenoxy) is 1. The molecule has 316 valence electrons. The van der Waals surface area contributed by atoms with Crippen molar-refractivity contribution >= 4 is 88.7 Å². The molecule has 63 heavy (non-hydrogen) atoms. The highest BCUT2D eigenvalue weighted by molar-refractivity contribution is 7.26. The Labute approximate surface area is 379 Å². The van der Waals surface area contributed by atoms with Crippen LogP contribution in [-0.4, -0.2) is 6.71 Å². The highest BCUT2D eigenvalue weighted by Gasteiger charge is 2.43. The van der Waals surface area contributed by atoms with Crippen LogP contribution in [0.25, 0.3) is 20.2 Å². The van der Waals surface area contributed by atoms with Gasteiger partial charge < -0.3 is 14.5 Å². The minimum Gasteiger partial charge on any atom is -0.458 e. The van der Waals surface area contributed by atoms with Crippen molar-refractivity contribution < 1.29 is 4.74 Å². The minimum atomic E-state index is -0.0321. The Morgan fingerprint density at radius 3 is 1.63 bits per heavy atom. The summed E-state index contributed by atoms with van der Waals surface area (Å²) >= 11 is 1.88. The fourth-order valence-electron chi connectivity index (χ4n) is 9.67. The number of thiophene rings is 1. The van der Waals surface area contributed by atoms with E-state index in [0.717, 1.165) is 39.9 Å². The molecule has 3 heterocycles. The van der Waals surface area contributed by atoms with Crippen molar-refractivity contribution in [3.63, 3.8) is 0 Å². The summed E-state index contributed by atoms with van der Waals surface area (Å²) in [5.41, 5.74) is 16.0. The lowest BCUT2D eigenvalue weighted by atomic mass is 9.34. The lowest BCUT2D eigenvalue weighted by Crippen LogP contribution is -2.59. The van der Waals surface area contributed by atoms with Crippen LogP contribution in [0, 0.1) is 0 Å². The van der Waals surface area contributed by atoms with E-state index < -0.39 is 0 Å².